The Hall–Kier alpha value is -2.15. The topological polar surface area (TPSA) is 61.6 Å². The first kappa shape index (κ1) is 12.3. The molecule has 18 heavy (non-hydrogen) atoms. The number of anilines is 1. The van der Waals surface area contributed by atoms with Crippen molar-refractivity contribution in [1.82, 2.24) is 9.97 Å². The summed E-state index contributed by atoms with van der Waals surface area (Å²) >= 11 is 0. The second kappa shape index (κ2) is 4.61. The van der Waals surface area contributed by atoms with E-state index in [0.29, 0.717) is 17.0 Å². The summed E-state index contributed by atoms with van der Waals surface area (Å²) in [4.78, 5) is 8.66. The van der Waals surface area contributed by atoms with E-state index in [9.17, 15) is 0 Å². The maximum absolute atomic E-state index is 9.05. The van der Waals surface area contributed by atoms with Crippen molar-refractivity contribution >= 4 is 16.9 Å². The minimum absolute atomic E-state index is 0.160. The number of nitrogens with zero attached hydrogens (tertiary/aromatic N) is 3. The Kier molecular flexibility index (Phi) is 3.15. The van der Waals surface area contributed by atoms with Crippen LogP contribution in [0.5, 0.6) is 0 Å². The molecule has 0 aliphatic rings. The lowest BCUT2D eigenvalue weighted by Crippen LogP contribution is -2.20. The lowest BCUT2D eigenvalue weighted by molar-refractivity contribution is 0.442. The summed E-state index contributed by atoms with van der Waals surface area (Å²) in [7, 11) is 0. The summed E-state index contributed by atoms with van der Waals surface area (Å²) in [5, 5.41) is 13.1. The molecular weight excluding hydrogens is 224 g/mol. The third kappa shape index (κ3) is 2.75. The predicted octanol–water partition coefficient (Wildman–Crippen LogP) is 2.96. The Morgan fingerprint density at radius 1 is 1.33 bits per heavy atom. The van der Waals surface area contributed by atoms with Gasteiger partial charge in [-0.25, -0.2) is 9.97 Å². The number of hydrogen-bond donors (Lipinski definition) is 1. The predicted molar refractivity (Wildman–Crippen MR) is 72.2 cm³/mol. The van der Waals surface area contributed by atoms with Gasteiger partial charge in [0.1, 0.15) is 6.07 Å². The van der Waals surface area contributed by atoms with Gasteiger partial charge in [-0.2, -0.15) is 5.26 Å². The summed E-state index contributed by atoms with van der Waals surface area (Å²) in [5.74, 6) is 0.570. The highest BCUT2D eigenvalue weighted by Crippen LogP contribution is 2.18. The van der Waals surface area contributed by atoms with Gasteiger partial charge in [0.25, 0.3) is 0 Å². The van der Waals surface area contributed by atoms with Crippen molar-refractivity contribution in [2.24, 2.45) is 5.41 Å². The molecule has 0 aliphatic heterocycles. The number of fused-ring (bicyclic) bond motifs is 1. The number of aromatic nitrogens is 2. The average molecular weight is 240 g/mol. The standard InChI is InChI=1S/C14H16N4/c1-14(2,3)9-17-13-16-8-11-6-4-5-10(7-15)12(11)18-13/h4-6,8H,9H2,1-3H3,(H,16,17,18). The summed E-state index contributed by atoms with van der Waals surface area (Å²) in [6.45, 7) is 7.21. The Morgan fingerprint density at radius 2 is 2.11 bits per heavy atom. The fraction of sp³-hybridized carbons (Fsp3) is 0.357. The van der Waals surface area contributed by atoms with Gasteiger partial charge in [0.15, 0.2) is 0 Å². The number of rotatable bonds is 2. The van der Waals surface area contributed by atoms with Crippen LogP contribution in [0.1, 0.15) is 26.3 Å². The number of hydrogen-bond acceptors (Lipinski definition) is 4. The van der Waals surface area contributed by atoms with E-state index in [1.165, 1.54) is 0 Å². The molecular formula is C14H16N4. The van der Waals surface area contributed by atoms with Crippen LogP contribution in [0, 0.1) is 16.7 Å². The van der Waals surface area contributed by atoms with Crippen LogP contribution in [0.4, 0.5) is 5.95 Å². The van der Waals surface area contributed by atoms with Gasteiger partial charge in [0.05, 0.1) is 11.1 Å². The van der Waals surface area contributed by atoms with Crippen molar-refractivity contribution in [3.63, 3.8) is 0 Å². The molecule has 1 aromatic carbocycles. The molecule has 0 aliphatic carbocycles. The summed E-state index contributed by atoms with van der Waals surface area (Å²) in [6, 6.07) is 7.66. The molecule has 0 atom stereocenters. The Bertz CT molecular complexity index is 605. The highest BCUT2D eigenvalue weighted by molar-refractivity contribution is 5.84. The molecule has 4 heteroatoms. The third-order valence-electron chi connectivity index (χ3n) is 2.51. The van der Waals surface area contributed by atoms with Crippen LogP contribution >= 0.6 is 0 Å². The second-order valence-electron chi connectivity index (χ2n) is 5.46. The van der Waals surface area contributed by atoms with Gasteiger partial charge in [-0.3, -0.25) is 0 Å². The van der Waals surface area contributed by atoms with Crippen LogP contribution in [0.3, 0.4) is 0 Å². The fourth-order valence-electron chi connectivity index (χ4n) is 1.58. The largest absolute Gasteiger partial charge is 0.354 e. The highest BCUT2D eigenvalue weighted by atomic mass is 15.1. The molecule has 2 rings (SSSR count). The van der Waals surface area contributed by atoms with Crippen molar-refractivity contribution in [2.75, 3.05) is 11.9 Å². The molecule has 0 radical (unpaired) electrons. The lowest BCUT2D eigenvalue weighted by atomic mass is 9.97. The SMILES string of the molecule is CC(C)(C)CNc1ncc2cccc(C#N)c2n1. The molecule has 2 aromatic rings. The first-order valence-corrected chi connectivity index (χ1v) is 5.89. The van der Waals surface area contributed by atoms with Gasteiger partial charge in [0, 0.05) is 18.1 Å². The number of nitrogens with one attached hydrogen (secondary N) is 1. The van der Waals surface area contributed by atoms with Crippen molar-refractivity contribution in [3.8, 4) is 6.07 Å². The van der Waals surface area contributed by atoms with Gasteiger partial charge in [-0.1, -0.05) is 32.9 Å². The van der Waals surface area contributed by atoms with Crippen LogP contribution in [0.25, 0.3) is 10.9 Å². The zero-order valence-corrected chi connectivity index (χ0v) is 10.9. The molecule has 1 N–H and O–H groups in total. The van der Waals surface area contributed by atoms with E-state index in [1.807, 2.05) is 12.1 Å². The highest BCUT2D eigenvalue weighted by Gasteiger charge is 2.11. The first-order chi connectivity index (χ1) is 8.49. The molecule has 0 fully saturated rings. The average Bonchev–Trinajstić information content (AvgIpc) is 2.34. The molecule has 0 saturated carbocycles. The van der Waals surface area contributed by atoms with E-state index in [2.05, 4.69) is 42.1 Å². The van der Waals surface area contributed by atoms with E-state index in [1.54, 1.807) is 12.3 Å². The zero-order valence-electron chi connectivity index (χ0n) is 10.9. The number of benzene rings is 1. The Labute approximate surface area is 107 Å². The summed E-state index contributed by atoms with van der Waals surface area (Å²) in [6.07, 6.45) is 1.74. The Morgan fingerprint density at radius 3 is 2.78 bits per heavy atom. The third-order valence-corrected chi connectivity index (χ3v) is 2.51. The fourth-order valence-corrected chi connectivity index (χ4v) is 1.58. The first-order valence-electron chi connectivity index (χ1n) is 5.89. The molecule has 1 heterocycles. The van der Waals surface area contributed by atoms with E-state index in [0.717, 1.165) is 11.9 Å². The molecule has 0 saturated heterocycles. The molecule has 0 bridgehead atoms. The molecule has 0 spiro atoms. The molecule has 4 nitrogen and oxygen atoms in total. The van der Waals surface area contributed by atoms with E-state index in [-0.39, 0.29) is 5.41 Å². The minimum Gasteiger partial charge on any atom is -0.354 e. The molecule has 0 unspecified atom stereocenters. The van der Waals surface area contributed by atoms with E-state index in [4.69, 9.17) is 5.26 Å². The van der Waals surface area contributed by atoms with Crippen LogP contribution in [-0.2, 0) is 0 Å². The molecule has 92 valence electrons. The van der Waals surface area contributed by atoms with Crippen LogP contribution < -0.4 is 5.32 Å². The van der Waals surface area contributed by atoms with Crippen molar-refractivity contribution in [1.29, 1.82) is 5.26 Å². The smallest absolute Gasteiger partial charge is 0.223 e. The van der Waals surface area contributed by atoms with Crippen LogP contribution in [-0.4, -0.2) is 16.5 Å². The van der Waals surface area contributed by atoms with Crippen molar-refractivity contribution in [3.05, 3.63) is 30.0 Å². The zero-order chi connectivity index (χ0) is 13.2. The second-order valence-corrected chi connectivity index (χ2v) is 5.46. The van der Waals surface area contributed by atoms with E-state index < -0.39 is 0 Å². The van der Waals surface area contributed by atoms with Crippen LogP contribution in [0.15, 0.2) is 24.4 Å². The lowest BCUT2D eigenvalue weighted by Gasteiger charge is -2.18. The van der Waals surface area contributed by atoms with Crippen molar-refractivity contribution in [2.45, 2.75) is 20.8 Å². The Balaban J connectivity index is 2.35. The van der Waals surface area contributed by atoms with Gasteiger partial charge in [0.2, 0.25) is 5.95 Å². The van der Waals surface area contributed by atoms with Crippen molar-refractivity contribution < 1.29 is 0 Å². The summed E-state index contributed by atoms with van der Waals surface area (Å²) in [5.41, 5.74) is 1.44. The maximum atomic E-state index is 9.05. The quantitative estimate of drug-likeness (QED) is 0.876. The van der Waals surface area contributed by atoms with Gasteiger partial charge < -0.3 is 5.32 Å². The number of para-hydroxylation sites is 1. The van der Waals surface area contributed by atoms with Gasteiger partial charge in [-0.15, -0.1) is 0 Å². The van der Waals surface area contributed by atoms with E-state index >= 15 is 0 Å². The maximum Gasteiger partial charge on any atom is 0.223 e. The molecule has 1 aromatic heterocycles. The van der Waals surface area contributed by atoms with Gasteiger partial charge in [-0.05, 0) is 11.5 Å². The minimum atomic E-state index is 0.160. The van der Waals surface area contributed by atoms with Crippen LogP contribution in [0.2, 0.25) is 0 Å². The normalized spacial score (nSPS) is 11.2. The van der Waals surface area contributed by atoms with Gasteiger partial charge >= 0.3 is 0 Å². The molecule has 0 amide bonds. The monoisotopic (exact) mass is 240 g/mol. The number of nitriles is 1. The summed E-state index contributed by atoms with van der Waals surface area (Å²) < 4.78 is 0.